The highest BCUT2D eigenvalue weighted by Crippen LogP contribution is 2.15. The summed E-state index contributed by atoms with van der Waals surface area (Å²) in [5.74, 6) is 0.433. The Morgan fingerprint density at radius 3 is 2.50 bits per heavy atom. The number of carbonyl (C=O) groups excluding carboxylic acids is 1. The van der Waals surface area contributed by atoms with Crippen LogP contribution in [0.1, 0.15) is 44.6 Å². The third-order valence-corrected chi connectivity index (χ3v) is 3.28. The van der Waals surface area contributed by atoms with Crippen molar-refractivity contribution in [3.05, 3.63) is 17.0 Å². The first kappa shape index (κ1) is 16.7. The summed E-state index contributed by atoms with van der Waals surface area (Å²) >= 11 is 0. The van der Waals surface area contributed by atoms with Crippen molar-refractivity contribution in [3.63, 3.8) is 0 Å². The summed E-state index contributed by atoms with van der Waals surface area (Å²) < 4.78 is 1.97. The van der Waals surface area contributed by atoms with Crippen molar-refractivity contribution in [1.29, 1.82) is 0 Å². The second kappa shape index (κ2) is 6.39. The van der Waals surface area contributed by atoms with Crippen molar-refractivity contribution in [1.82, 2.24) is 15.1 Å². The van der Waals surface area contributed by atoms with Gasteiger partial charge < -0.3 is 10.4 Å². The first-order chi connectivity index (χ1) is 9.16. The summed E-state index contributed by atoms with van der Waals surface area (Å²) in [6.45, 7) is 12.6. The zero-order valence-corrected chi connectivity index (χ0v) is 13.4. The molecule has 0 bridgehead atoms. The molecule has 0 aliphatic carbocycles. The van der Waals surface area contributed by atoms with E-state index >= 15 is 0 Å². The molecular weight excluding hydrogens is 254 g/mol. The van der Waals surface area contributed by atoms with Crippen molar-refractivity contribution >= 4 is 5.91 Å². The van der Waals surface area contributed by atoms with Crippen LogP contribution in [0.15, 0.2) is 0 Å². The van der Waals surface area contributed by atoms with Gasteiger partial charge in [0.2, 0.25) is 5.91 Å². The molecule has 0 aliphatic heterocycles. The first-order valence-corrected chi connectivity index (χ1v) is 7.11. The number of aliphatic hydroxyl groups excluding tert-OH is 1. The highest BCUT2D eigenvalue weighted by molar-refractivity contribution is 5.79. The molecule has 0 spiro atoms. The average Bonchev–Trinajstić information content (AvgIpc) is 2.55. The van der Waals surface area contributed by atoms with Crippen molar-refractivity contribution in [2.24, 2.45) is 5.92 Å². The summed E-state index contributed by atoms with van der Waals surface area (Å²) in [5, 5.41) is 16.5. The Morgan fingerprint density at radius 1 is 1.40 bits per heavy atom. The number of aromatic nitrogens is 2. The normalized spacial score (nSPS) is 12.0. The van der Waals surface area contributed by atoms with Crippen LogP contribution in [-0.4, -0.2) is 32.9 Å². The average molecular weight is 281 g/mol. The molecule has 0 aromatic carbocycles. The van der Waals surface area contributed by atoms with Crippen molar-refractivity contribution < 1.29 is 9.90 Å². The maximum Gasteiger partial charge on any atom is 0.225 e. The SMILES string of the molecule is Cc1nn(CC(C)C)c(C)c1CC(=O)NC(C)(C)CO. The lowest BCUT2D eigenvalue weighted by Gasteiger charge is -2.23. The van der Waals surface area contributed by atoms with Gasteiger partial charge in [0.1, 0.15) is 0 Å². The minimum absolute atomic E-state index is 0.0800. The molecule has 5 nitrogen and oxygen atoms in total. The second-order valence-corrected chi connectivity index (χ2v) is 6.49. The standard InChI is InChI=1S/C15H27N3O2/c1-10(2)8-18-12(4)13(11(3)17-18)7-14(20)16-15(5,6)9-19/h10,19H,7-9H2,1-6H3,(H,16,20). The van der Waals surface area contributed by atoms with Gasteiger partial charge in [0.25, 0.3) is 0 Å². The Labute approximate surface area is 121 Å². The molecule has 5 heteroatoms. The van der Waals surface area contributed by atoms with E-state index in [1.54, 1.807) is 13.8 Å². The number of aryl methyl sites for hydroxylation is 1. The third-order valence-electron chi connectivity index (χ3n) is 3.28. The van der Waals surface area contributed by atoms with E-state index < -0.39 is 5.54 Å². The van der Waals surface area contributed by atoms with Crippen molar-refractivity contribution in [2.75, 3.05) is 6.61 Å². The van der Waals surface area contributed by atoms with E-state index in [-0.39, 0.29) is 12.5 Å². The molecule has 1 rings (SSSR count). The smallest absolute Gasteiger partial charge is 0.225 e. The summed E-state index contributed by atoms with van der Waals surface area (Å²) in [6, 6.07) is 0. The Kier molecular flexibility index (Phi) is 5.34. The van der Waals surface area contributed by atoms with Gasteiger partial charge in [-0.05, 0) is 33.6 Å². The maximum atomic E-state index is 12.1. The van der Waals surface area contributed by atoms with Gasteiger partial charge >= 0.3 is 0 Å². The highest BCUT2D eigenvalue weighted by atomic mass is 16.3. The van der Waals surface area contributed by atoms with Crippen LogP contribution in [0.5, 0.6) is 0 Å². The number of nitrogens with one attached hydrogen (secondary N) is 1. The van der Waals surface area contributed by atoms with Crippen LogP contribution in [0.2, 0.25) is 0 Å². The predicted molar refractivity (Wildman–Crippen MR) is 79.6 cm³/mol. The summed E-state index contributed by atoms with van der Waals surface area (Å²) in [7, 11) is 0. The fourth-order valence-electron chi connectivity index (χ4n) is 2.14. The van der Waals surface area contributed by atoms with Crippen LogP contribution in [0.4, 0.5) is 0 Å². The van der Waals surface area contributed by atoms with E-state index in [0.29, 0.717) is 12.3 Å². The van der Waals surface area contributed by atoms with Gasteiger partial charge in [-0.1, -0.05) is 13.8 Å². The molecule has 0 aliphatic rings. The van der Waals surface area contributed by atoms with E-state index in [9.17, 15) is 9.90 Å². The third kappa shape index (κ3) is 4.34. The number of nitrogens with zero attached hydrogens (tertiary/aromatic N) is 2. The summed E-state index contributed by atoms with van der Waals surface area (Å²) in [4.78, 5) is 12.1. The van der Waals surface area contributed by atoms with Gasteiger partial charge in [0.05, 0.1) is 24.3 Å². The molecule has 2 N–H and O–H groups in total. The molecule has 0 unspecified atom stereocenters. The molecule has 20 heavy (non-hydrogen) atoms. The van der Waals surface area contributed by atoms with Gasteiger partial charge in [-0.3, -0.25) is 9.48 Å². The fourth-order valence-corrected chi connectivity index (χ4v) is 2.14. The van der Waals surface area contributed by atoms with E-state index in [4.69, 9.17) is 0 Å². The Balaban J connectivity index is 2.83. The fraction of sp³-hybridized carbons (Fsp3) is 0.733. The highest BCUT2D eigenvalue weighted by Gasteiger charge is 2.21. The lowest BCUT2D eigenvalue weighted by atomic mass is 10.1. The second-order valence-electron chi connectivity index (χ2n) is 6.49. The molecule has 1 aromatic rings. The molecule has 0 atom stereocenters. The van der Waals surface area contributed by atoms with Crippen LogP contribution >= 0.6 is 0 Å². The number of aliphatic hydroxyl groups is 1. The maximum absolute atomic E-state index is 12.1. The summed E-state index contributed by atoms with van der Waals surface area (Å²) in [5.41, 5.74) is 2.34. The van der Waals surface area contributed by atoms with Crippen LogP contribution in [-0.2, 0) is 17.8 Å². The minimum Gasteiger partial charge on any atom is -0.394 e. The van der Waals surface area contributed by atoms with E-state index in [0.717, 1.165) is 23.5 Å². The molecule has 114 valence electrons. The zero-order valence-electron chi connectivity index (χ0n) is 13.4. The van der Waals surface area contributed by atoms with Crippen LogP contribution in [0.25, 0.3) is 0 Å². The minimum atomic E-state index is -0.590. The molecule has 0 radical (unpaired) electrons. The molecule has 0 fully saturated rings. The number of carbonyl (C=O) groups is 1. The summed E-state index contributed by atoms with van der Waals surface area (Å²) in [6.07, 6.45) is 0.305. The monoisotopic (exact) mass is 281 g/mol. The molecular formula is C15H27N3O2. The van der Waals surface area contributed by atoms with Crippen LogP contribution in [0, 0.1) is 19.8 Å². The molecule has 1 aromatic heterocycles. The van der Waals surface area contributed by atoms with Gasteiger partial charge in [-0.15, -0.1) is 0 Å². The molecule has 0 saturated carbocycles. The molecule has 1 amide bonds. The largest absolute Gasteiger partial charge is 0.394 e. The van der Waals surface area contributed by atoms with E-state index in [1.165, 1.54) is 0 Å². The number of rotatable bonds is 6. The van der Waals surface area contributed by atoms with Gasteiger partial charge in [0.15, 0.2) is 0 Å². The lowest BCUT2D eigenvalue weighted by Crippen LogP contribution is -2.46. The number of hydrogen-bond acceptors (Lipinski definition) is 3. The lowest BCUT2D eigenvalue weighted by molar-refractivity contribution is -0.122. The van der Waals surface area contributed by atoms with Gasteiger partial charge in [-0.2, -0.15) is 5.10 Å². The molecule has 0 saturated heterocycles. The predicted octanol–water partition coefficient (Wildman–Crippen LogP) is 1.59. The Bertz CT molecular complexity index is 476. The van der Waals surface area contributed by atoms with E-state index in [1.807, 2.05) is 18.5 Å². The topological polar surface area (TPSA) is 67.2 Å². The number of amides is 1. The number of hydrogen-bond donors (Lipinski definition) is 2. The quantitative estimate of drug-likeness (QED) is 0.832. The van der Waals surface area contributed by atoms with Crippen molar-refractivity contribution in [3.8, 4) is 0 Å². The molecule has 1 heterocycles. The first-order valence-electron chi connectivity index (χ1n) is 7.11. The Morgan fingerprint density at radius 2 is 2.00 bits per heavy atom. The van der Waals surface area contributed by atoms with Crippen LogP contribution < -0.4 is 5.32 Å². The van der Waals surface area contributed by atoms with Gasteiger partial charge in [0, 0.05) is 17.8 Å². The van der Waals surface area contributed by atoms with Crippen LogP contribution in [0.3, 0.4) is 0 Å². The van der Waals surface area contributed by atoms with E-state index in [2.05, 4.69) is 24.3 Å². The van der Waals surface area contributed by atoms with Gasteiger partial charge in [-0.25, -0.2) is 0 Å². The Hall–Kier alpha value is -1.36. The van der Waals surface area contributed by atoms with Crippen molar-refractivity contribution in [2.45, 2.75) is 60.0 Å². The zero-order chi connectivity index (χ0) is 15.5.